The molecule has 7 heteroatoms. The Morgan fingerprint density at radius 2 is 1.78 bits per heavy atom. The zero-order chi connectivity index (χ0) is 16.9. The molecule has 3 N–H and O–H groups in total. The molecular weight excluding hydrogens is 314 g/mol. The number of sulfonamides is 1. The predicted octanol–water partition coefficient (Wildman–Crippen LogP) is 2.75. The summed E-state index contributed by atoms with van der Waals surface area (Å²) in [5.41, 5.74) is 1.10. The quantitative estimate of drug-likeness (QED) is 0.737. The van der Waals surface area contributed by atoms with Gasteiger partial charge in [0.15, 0.2) is 0 Å². The molecular formula is C16H25N3O3S. The van der Waals surface area contributed by atoms with Crippen molar-refractivity contribution in [1.29, 1.82) is 0 Å². The fourth-order valence-corrected chi connectivity index (χ4v) is 3.85. The smallest absolute Gasteiger partial charge is 0.319 e. The molecule has 0 spiro atoms. The van der Waals surface area contributed by atoms with Gasteiger partial charge in [0.2, 0.25) is 10.0 Å². The number of carbonyl (C=O) groups is 1. The number of anilines is 1. The molecule has 128 valence electrons. The Morgan fingerprint density at radius 3 is 2.39 bits per heavy atom. The number of aryl methyl sites for hydroxylation is 1. The fraction of sp³-hybridized carbons (Fsp3) is 0.562. The van der Waals surface area contributed by atoms with Gasteiger partial charge in [-0.1, -0.05) is 31.7 Å². The van der Waals surface area contributed by atoms with Crippen LogP contribution in [0.25, 0.3) is 0 Å². The van der Waals surface area contributed by atoms with Gasteiger partial charge in [0.05, 0.1) is 4.90 Å². The number of hydrogen-bond donors (Lipinski definition) is 3. The fourth-order valence-electron chi connectivity index (χ4n) is 2.85. The normalized spacial score (nSPS) is 16.6. The molecule has 0 saturated heterocycles. The van der Waals surface area contributed by atoms with Gasteiger partial charge in [-0.3, -0.25) is 0 Å². The number of hydrogen-bond acceptors (Lipinski definition) is 3. The van der Waals surface area contributed by atoms with Gasteiger partial charge in [0, 0.05) is 11.7 Å². The van der Waals surface area contributed by atoms with E-state index in [0.717, 1.165) is 25.7 Å². The van der Waals surface area contributed by atoms with Crippen LogP contribution in [0.5, 0.6) is 0 Å². The van der Waals surface area contributed by atoms with E-state index in [-0.39, 0.29) is 17.0 Å². The molecule has 2 amide bonds. The lowest BCUT2D eigenvalue weighted by atomic mass is 10.1. The van der Waals surface area contributed by atoms with Gasteiger partial charge < -0.3 is 10.6 Å². The van der Waals surface area contributed by atoms with Crippen molar-refractivity contribution in [3.05, 3.63) is 23.8 Å². The summed E-state index contributed by atoms with van der Waals surface area (Å²) < 4.78 is 26.2. The van der Waals surface area contributed by atoms with Crippen LogP contribution in [0.1, 0.15) is 44.1 Å². The van der Waals surface area contributed by atoms with Crippen molar-refractivity contribution in [2.75, 3.05) is 12.4 Å². The molecule has 23 heavy (non-hydrogen) atoms. The maximum atomic E-state index is 12.1. The Labute approximate surface area is 138 Å². The van der Waals surface area contributed by atoms with E-state index in [4.69, 9.17) is 0 Å². The highest BCUT2D eigenvalue weighted by Crippen LogP contribution is 2.20. The Balaban J connectivity index is 2.05. The first kappa shape index (κ1) is 17.7. The Morgan fingerprint density at radius 1 is 1.13 bits per heavy atom. The van der Waals surface area contributed by atoms with Gasteiger partial charge in [0.1, 0.15) is 0 Å². The van der Waals surface area contributed by atoms with Crippen LogP contribution in [0.4, 0.5) is 10.5 Å². The number of amides is 2. The highest BCUT2D eigenvalue weighted by atomic mass is 32.2. The standard InChI is InChI=1S/C16H25N3O3S/c1-12-9-10-14(11-15(12)23(21,22)17-2)19-16(20)18-13-7-5-3-4-6-8-13/h9-11,13,17H,3-8H2,1-2H3,(H2,18,19,20). The number of nitrogens with one attached hydrogen (secondary N) is 3. The van der Waals surface area contributed by atoms with Crippen molar-refractivity contribution < 1.29 is 13.2 Å². The van der Waals surface area contributed by atoms with E-state index in [1.807, 2.05) is 0 Å². The molecule has 0 unspecified atom stereocenters. The molecule has 2 rings (SSSR count). The second-order valence-corrected chi connectivity index (χ2v) is 7.83. The van der Waals surface area contributed by atoms with Crippen LogP contribution >= 0.6 is 0 Å². The minimum absolute atomic E-state index is 0.173. The van der Waals surface area contributed by atoms with Crippen molar-refractivity contribution in [1.82, 2.24) is 10.0 Å². The molecule has 1 saturated carbocycles. The van der Waals surface area contributed by atoms with E-state index in [2.05, 4.69) is 15.4 Å². The summed E-state index contributed by atoms with van der Waals surface area (Å²) in [5.74, 6) is 0. The molecule has 1 aliphatic carbocycles. The number of benzene rings is 1. The van der Waals surface area contributed by atoms with Gasteiger partial charge in [0.25, 0.3) is 0 Å². The SMILES string of the molecule is CNS(=O)(=O)c1cc(NC(=O)NC2CCCCCC2)ccc1C. The summed E-state index contributed by atoms with van der Waals surface area (Å²) in [6.45, 7) is 1.72. The summed E-state index contributed by atoms with van der Waals surface area (Å²) in [7, 11) is -2.17. The second-order valence-electron chi connectivity index (χ2n) is 5.97. The van der Waals surface area contributed by atoms with Gasteiger partial charge in [-0.25, -0.2) is 17.9 Å². The zero-order valence-electron chi connectivity index (χ0n) is 13.7. The summed E-state index contributed by atoms with van der Waals surface area (Å²) in [5, 5.41) is 5.71. The third kappa shape index (κ3) is 4.94. The summed E-state index contributed by atoms with van der Waals surface area (Å²) >= 11 is 0. The molecule has 0 atom stereocenters. The van der Waals surface area contributed by atoms with E-state index in [1.54, 1.807) is 19.1 Å². The molecule has 6 nitrogen and oxygen atoms in total. The van der Waals surface area contributed by atoms with E-state index >= 15 is 0 Å². The minimum atomic E-state index is -3.54. The predicted molar refractivity (Wildman–Crippen MR) is 91.1 cm³/mol. The first-order chi connectivity index (χ1) is 10.9. The average Bonchev–Trinajstić information content (AvgIpc) is 2.77. The molecule has 1 aromatic carbocycles. The van der Waals surface area contributed by atoms with Gasteiger partial charge >= 0.3 is 6.03 Å². The molecule has 1 aromatic rings. The number of rotatable bonds is 4. The number of urea groups is 1. The lowest BCUT2D eigenvalue weighted by Gasteiger charge is -2.17. The molecule has 0 bridgehead atoms. The first-order valence-electron chi connectivity index (χ1n) is 8.04. The largest absolute Gasteiger partial charge is 0.335 e. The minimum Gasteiger partial charge on any atom is -0.335 e. The Hall–Kier alpha value is -1.60. The molecule has 1 aliphatic rings. The third-order valence-corrected chi connectivity index (χ3v) is 5.75. The van der Waals surface area contributed by atoms with E-state index in [9.17, 15) is 13.2 Å². The van der Waals surface area contributed by atoms with Crippen molar-refractivity contribution in [3.63, 3.8) is 0 Å². The lowest BCUT2D eigenvalue weighted by molar-refractivity contribution is 0.247. The van der Waals surface area contributed by atoms with Crippen LogP contribution in [0.15, 0.2) is 23.1 Å². The molecule has 0 radical (unpaired) electrons. The highest BCUT2D eigenvalue weighted by molar-refractivity contribution is 7.89. The second kappa shape index (κ2) is 7.79. The van der Waals surface area contributed by atoms with Crippen molar-refractivity contribution in [3.8, 4) is 0 Å². The van der Waals surface area contributed by atoms with Gasteiger partial charge in [-0.05, 0) is 44.5 Å². The topological polar surface area (TPSA) is 87.3 Å². The summed E-state index contributed by atoms with van der Waals surface area (Å²) in [4.78, 5) is 12.3. The Bertz CT molecular complexity index is 651. The highest BCUT2D eigenvalue weighted by Gasteiger charge is 2.17. The lowest BCUT2D eigenvalue weighted by Crippen LogP contribution is -2.37. The maximum Gasteiger partial charge on any atom is 0.319 e. The average molecular weight is 339 g/mol. The summed E-state index contributed by atoms with van der Waals surface area (Å²) in [6, 6.07) is 4.78. The monoisotopic (exact) mass is 339 g/mol. The van der Waals surface area contributed by atoms with Crippen LogP contribution < -0.4 is 15.4 Å². The van der Waals surface area contributed by atoms with Crippen LogP contribution in [-0.2, 0) is 10.0 Å². The van der Waals surface area contributed by atoms with Crippen LogP contribution in [0.3, 0.4) is 0 Å². The molecule has 0 aliphatic heterocycles. The van der Waals surface area contributed by atoms with E-state index < -0.39 is 10.0 Å². The van der Waals surface area contributed by atoms with Crippen LogP contribution in [0, 0.1) is 6.92 Å². The Kier molecular flexibility index (Phi) is 6.01. The molecule has 0 heterocycles. The molecule has 1 fully saturated rings. The molecule has 0 aromatic heterocycles. The third-order valence-electron chi connectivity index (χ3n) is 4.19. The number of carbonyl (C=O) groups excluding carboxylic acids is 1. The van der Waals surface area contributed by atoms with Crippen molar-refractivity contribution in [2.45, 2.75) is 56.4 Å². The van der Waals surface area contributed by atoms with Crippen molar-refractivity contribution >= 4 is 21.7 Å². The van der Waals surface area contributed by atoms with E-state index in [1.165, 1.54) is 26.0 Å². The summed E-state index contributed by atoms with van der Waals surface area (Å²) in [6.07, 6.45) is 6.73. The van der Waals surface area contributed by atoms with Gasteiger partial charge in [-0.2, -0.15) is 0 Å². The van der Waals surface area contributed by atoms with Gasteiger partial charge in [-0.15, -0.1) is 0 Å². The zero-order valence-corrected chi connectivity index (χ0v) is 14.5. The van der Waals surface area contributed by atoms with E-state index in [0.29, 0.717) is 11.3 Å². The van der Waals surface area contributed by atoms with Crippen LogP contribution in [0.2, 0.25) is 0 Å². The first-order valence-corrected chi connectivity index (χ1v) is 9.52. The maximum absolute atomic E-state index is 12.1. The van der Waals surface area contributed by atoms with Crippen LogP contribution in [-0.4, -0.2) is 27.5 Å². The van der Waals surface area contributed by atoms with Crippen molar-refractivity contribution in [2.24, 2.45) is 0 Å².